The van der Waals surface area contributed by atoms with Gasteiger partial charge < -0.3 is 19.3 Å². The van der Waals surface area contributed by atoms with E-state index < -0.39 is 8.07 Å². The van der Waals surface area contributed by atoms with E-state index in [1.54, 1.807) is 14.2 Å². The molecule has 1 N–H and O–H groups in total. The number of hydrogen-bond donors (Lipinski definition) is 1. The van der Waals surface area contributed by atoms with Crippen LogP contribution in [-0.4, -0.2) is 40.1 Å². The molecule has 1 aliphatic heterocycles. The molecule has 0 aromatic heterocycles. The van der Waals surface area contributed by atoms with Crippen molar-refractivity contribution in [2.45, 2.75) is 44.2 Å². The Balaban J connectivity index is 1.98. The number of para-hydroxylation sites is 1. The lowest BCUT2D eigenvalue weighted by atomic mass is 9.86. The van der Waals surface area contributed by atoms with Crippen LogP contribution in [0, 0.1) is 5.92 Å². The Hall–Kier alpha value is -1.82. The van der Waals surface area contributed by atoms with E-state index in [0.29, 0.717) is 0 Å². The second-order valence-electron chi connectivity index (χ2n) is 8.20. The Morgan fingerprint density at radius 2 is 1.75 bits per heavy atom. The third-order valence-corrected chi connectivity index (χ3v) is 10.6. The summed E-state index contributed by atoms with van der Waals surface area (Å²) in [6.45, 7) is 7.10. The summed E-state index contributed by atoms with van der Waals surface area (Å²) >= 11 is 0. The molecule has 0 radical (unpaired) electrons. The van der Waals surface area contributed by atoms with Gasteiger partial charge in [0.25, 0.3) is 0 Å². The van der Waals surface area contributed by atoms with Crippen LogP contribution in [0.15, 0.2) is 48.5 Å². The summed E-state index contributed by atoms with van der Waals surface area (Å²) in [6.07, 6.45) is 0.714. The number of fused-ring (bicyclic) bond motifs is 1. The molecule has 1 heterocycles. The highest BCUT2D eigenvalue weighted by Crippen LogP contribution is 2.46. The Morgan fingerprint density at radius 3 is 2.36 bits per heavy atom. The summed E-state index contributed by atoms with van der Waals surface area (Å²) in [7, 11) is 1.50. The summed E-state index contributed by atoms with van der Waals surface area (Å²) in [6, 6.07) is 16.5. The van der Waals surface area contributed by atoms with Crippen molar-refractivity contribution >= 4 is 13.3 Å². The molecule has 0 aliphatic carbocycles. The summed E-state index contributed by atoms with van der Waals surface area (Å²) in [5.74, 6) is 1.96. The Bertz CT molecular complexity index is 774. The molecule has 1 unspecified atom stereocenters. The van der Waals surface area contributed by atoms with Crippen molar-refractivity contribution < 1.29 is 19.3 Å². The molecule has 4 atom stereocenters. The highest BCUT2D eigenvalue weighted by Gasteiger charge is 2.46. The first-order valence-electron chi connectivity index (χ1n) is 9.97. The molecule has 2 aromatic carbocycles. The molecule has 3 rings (SSSR count). The summed E-state index contributed by atoms with van der Waals surface area (Å²) < 4.78 is 17.8. The number of rotatable bonds is 7. The van der Waals surface area contributed by atoms with Gasteiger partial charge in [-0.15, -0.1) is 0 Å². The van der Waals surface area contributed by atoms with Crippen LogP contribution >= 0.6 is 0 Å². The van der Waals surface area contributed by atoms with Gasteiger partial charge >= 0.3 is 0 Å². The standard InChI is InChI=1S/C23H32O4Si/c1-16-22(26-3)19-8-6-7-9-20(19)27-23(16)21(14-15-24)28(4,5)18-12-10-17(25-2)11-13-18/h6-13,16,21-24H,14-15H2,1-5H3/t16-,21?,22-,23-/m1/s1. The van der Waals surface area contributed by atoms with Crippen molar-refractivity contribution in [1.29, 1.82) is 0 Å². The molecule has 0 saturated heterocycles. The third-order valence-electron chi connectivity index (χ3n) is 6.34. The van der Waals surface area contributed by atoms with Crippen LogP contribution in [0.5, 0.6) is 11.5 Å². The van der Waals surface area contributed by atoms with E-state index >= 15 is 0 Å². The maximum absolute atomic E-state index is 9.88. The minimum atomic E-state index is -1.95. The Labute approximate surface area is 169 Å². The number of aliphatic hydroxyl groups is 1. The van der Waals surface area contributed by atoms with E-state index in [9.17, 15) is 5.11 Å². The fraction of sp³-hybridized carbons (Fsp3) is 0.478. The largest absolute Gasteiger partial charge is 0.497 e. The SMILES string of the molecule is COc1ccc([Si](C)(C)C(CCO)[C@@H]2Oc3ccccc3[C@H](OC)[C@H]2C)cc1. The van der Waals surface area contributed by atoms with Crippen molar-refractivity contribution in [3.63, 3.8) is 0 Å². The molecule has 5 heteroatoms. The molecule has 2 aromatic rings. The molecule has 0 fully saturated rings. The molecule has 0 spiro atoms. The molecular weight excluding hydrogens is 368 g/mol. The predicted octanol–water partition coefficient (Wildman–Crippen LogP) is 4.15. The quantitative estimate of drug-likeness (QED) is 0.710. The molecule has 0 amide bonds. The average Bonchev–Trinajstić information content (AvgIpc) is 2.71. The number of hydrogen-bond acceptors (Lipinski definition) is 4. The van der Waals surface area contributed by atoms with Gasteiger partial charge in [-0.05, 0) is 30.2 Å². The van der Waals surface area contributed by atoms with Crippen molar-refractivity contribution in [3.05, 3.63) is 54.1 Å². The predicted molar refractivity (Wildman–Crippen MR) is 115 cm³/mol. The van der Waals surface area contributed by atoms with Gasteiger partial charge in [0.2, 0.25) is 0 Å². The average molecular weight is 401 g/mol. The van der Waals surface area contributed by atoms with Crippen LogP contribution in [-0.2, 0) is 4.74 Å². The van der Waals surface area contributed by atoms with Gasteiger partial charge in [-0.1, -0.05) is 55.5 Å². The van der Waals surface area contributed by atoms with Gasteiger partial charge in [-0.25, -0.2) is 0 Å². The number of aliphatic hydroxyl groups excluding tert-OH is 1. The van der Waals surface area contributed by atoms with Crippen LogP contribution in [0.1, 0.15) is 25.0 Å². The van der Waals surface area contributed by atoms with Crippen LogP contribution < -0.4 is 14.7 Å². The van der Waals surface area contributed by atoms with Crippen LogP contribution in [0.4, 0.5) is 0 Å². The first-order chi connectivity index (χ1) is 13.4. The van der Waals surface area contributed by atoms with E-state index in [4.69, 9.17) is 14.2 Å². The van der Waals surface area contributed by atoms with Crippen molar-refractivity contribution in [2.24, 2.45) is 5.92 Å². The first-order valence-corrected chi connectivity index (χ1v) is 13.1. The van der Waals surface area contributed by atoms with E-state index in [0.717, 1.165) is 23.5 Å². The van der Waals surface area contributed by atoms with Crippen LogP contribution in [0.3, 0.4) is 0 Å². The summed E-state index contributed by atoms with van der Waals surface area (Å²) in [5.41, 5.74) is 1.37. The Morgan fingerprint density at radius 1 is 1.07 bits per heavy atom. The maximum atomic E-state index is 9.88. The van der Waals surface area contributed by atoms with Gasteiger partial charge in [0, 0.05) is 25.2 Å². The zero-order chi connectivity index (χ0) is 20.3. The normalized spacial score (nSPS) is 22.9. The molecule has 152 valence electrons. The van der Waals surface area contributed by atoms with E-state index in [1.807, 2.05) is 30.3 Å². The molecule has 0 saturated carbocycles. The van der Waals surface area contributed by atoms with E-state index in [2.05, 4.69) is 38.2 Å². The number of methoxy groups -OCH3 is 2. The van der Waals surface area contributed by atoms with E-state index in [-0.39, 0.29) is 30.3 Å². The Kier molecular flexibility index (Phi) is 6.48. The zero-order valence-corrected chi connectivity index (χ0v) is 18.5. The summed E-state index contributed by atoms with van der Waals surface area (Å²) in [5, 5.41) is 11.2. The topological polar surface area (TPSA) is 47.9 Å². The van der Waals surface area contributed by atoms with Gasteiger partial charge in [0.1, 0.15) is 17.6 Å². The van der Waals surface area contributed by atoms with Gasteiger partial charge in [0.15, 0.2) is 0 Å². The minimum Gasteiger partial charge on any atom is -0.497 e. The number of benzene rings is 2. The lowest BCUT2D eigenvalue weighted by molar-refractivity contribution is -0.0242. The monoisotopic (exact) mass is 400 g/mol. The van der Waals surface area contributed by atoms with Crippen molar-refractivity contribution in [3.8, 4) is 11.5 Å². The second-order valence-corrected chi connectivity index (χ2v) is 13.0. The van der Waals surface area contributed by atoms with Crippen molar-refractivity contribution in [2.75, 3.05) is 20.8 Å². The fourth-order valence-electron chi connectivity index (χ4n) is 4.63. The molecular formula is C23H32O4Si. The zero-order valence-electron chi connectivity index (χ0n) is 17.5. The van der Waals surface area contributed by atoms with Gasteiger partial charge in [-0.3, -0.25) is 0 Å². The first kappa shape index (κ1) is 20.9. The van der Waals surface area contributed by atoms with Crippen LogP contribution in [0.2, 0.25) is 18.6 Å². The van der Waals surface area contributed by atoms with E-state index in [1.165, 1.54) is 5.19 Å². The summed E-state index contributed by atoms with van der Waals surface area (Å²) in [4.78, 5) is 0. The highest BCUT2D eigenvalue weighted by molar-refractivity contribution is 6.91. The van der Waals surface area contributed by atoms with Gasteiger partial charge in [-0.2, -0.15) is 0 Å². The van der Waals surface area contributed by atoms with Crippen molar-refractivity contribution in [1.82, 2.24) is 0 Å². The molecule has 28 heavy (non-hydrogen) atoms. The number of ether oxygens (including phenoxy) is 3. The third kappa shape index (κ3) is 3.84. The lowest BCUT2D eigenvalue weighted by Gasteiger charge is -2.45. The van der Waals surface area contributed by atoms with Crippen LogP contribution in [0.25, 0.3) is 0 Å². The second kappa shape index (κ2) is 8.68. The molecule has 0 bridgehead atoms. The molecule has 1 aliphatic rings. The maximum Gasteiger partial charge on any atom is 0.125 e. The highest BCUT2D eigenvalue weighted by atomic mass is 28.3. The van der Waals surface area contributed by atoms with Gasteiger partial charge in [0.05, 0.1) is 21.3 Å². The fourth-order valence-corrected chi connectivity index (χ4v) is 8.13. The smallest absolute Gasteiger partial charge is 0.125 e. The minimum absolute atomic E-state index is 0.00295. The lowest BCUT2D eigenvalue weighted by Crippen LogP contribution is -2.54. The molecule has 4 nitrogen and oxygen atoms in total.